The number of unbranched alkanes of at least 4 members (excludes halogenated alkanes) is 5. The van der Waals surface area contributed by atoms with Crippen molar-refractivity contribution in [3.8, 4) is 23.7 Å². The normalized spacial score (nSPS) is 9.12. The highest BCUT2D eigenvalue weighted by atomic mass is 16.1. The van der Waals surface area contributed by atoms with Crippen molar-refractivity contribution in [3.63, 3.8) is 0 Å². The van der Waals surface area contributed by atoms with Crippen molar-refractivity contribution < 1.29 is 4.79 Å². The molecule has 0 saturated carbocycles. The lowest BCUT2D eigenvalue weighted by molar-refractivity contribution is -0.112. The quantitative estimate of drug-likeness (QED) is 0.377. The van der Waals surface area contributed by atoms with E-state index in [9.17, 15) is 4.79 Å². The molecule has 1 nitrogen and oxygen atoms in total. The van der Waals surface area contributed by atoms with Crippen LogP contribution in [0.15, 0.2) is 12.2 Å². The van der Waals surface area contributed by atoms with E-state index in [0.717, 1.165) is 12.8 Å². The Labute approximate surface area is 99.3 Å². The standard InChI is InChI=1S/C15H20O/c1-3-4-5-6-7-8-9-10-11-12-13-14-15(2)16/h13-14H,3-8H2,1-2H3/b14-13+. The molecule has 0 aliphatic rings. The van der Waals surface area contributed by atoms with E-state index in [-0.39, 0.29) is 5.78 Å². The third kappa shape index (κ3) is 12.5. The van der Waals surface area contributed by atoms with Gasteiger partial charge in [-0.15, -0.1) is 0 Å². The minimum atomic E-state index is 0.0122. The fraction of sp³-hybridized carbons (Fsp3) is 0.533. The maximum atomic E-state index is 10.5. The number of carbonyl (C=O) groups is 1. The largest absolute Gasteiger partial charge is 0.295 e. The first-order valence-corrected chi connectivity index (χ1v) is 5.93. The van der Waals surface area contributed by atoms with E-state index in [1.54, 1.807) is 0 Å². The summed E-state index contributed by atoms with van der Waals surface area (Å²) in [5, 5.41) is 0. The van der Waals surface area contributed by atoms with Gasteiger partial charge in [0.1, 0.15) is 0 Å². The van der Waals surface area contributed by atoms with Crippen LogP contribution in [0.3, 0.4) is 0 Å². The van der Waals surface area contributed by atoms with E-state index in [4.69, 9.17) is 0 Å². The molecule has 0 heterocycles. The van der Waals surface area contributed by atoms with Crippen molar-refractivity contribution in [2.45, 2.75) is 52.4 Å². The van der Waals surface area contributed by atoms with E-state index in [1.165, 1.54) is 44.8 Å². The minimum absolute atomic E-state index is 0.0122. The van der Waals surface area contributed by atoms with Gasteiger partial charge in [0.25, 0.3) is 0 Å². The summed E-state index contributed by atoms with van der Waals surface area (Å²) in [6, 6.07) is 0. The molecule has 0 aromatic carbocycles. The summed E-state index contributed by atoms with van der Waals surface area (Å²) in [5.41, 5.74) is 0. The van der Waals surface area contributed by atoms with Gasteiger partial charge in [-0.3, -0.25) is 4.79 Å². The maximum absolute atomic E-state index is 10.5. The molecule has 86 valence electrons. The third-order valence-electron chi connectivity index (χ3n) is 2.03. The number of carbonyl (C=O) groups excluding carboxylic acids is 1. The highest BCUT2D eigenvalue weighted by Crippen LogP contribution is 2.03. The van der Waals surface area contributed by atoms with Crippen LogP contribution < -0.4 is 0 Å². The average Bonchev–Trinajstić information content (AvgIpc) is 2.25. The molecule has 16 heavy (non-hydrogen) atoms. The lowest BCUT2D eigenvalue weighted by Crippen LogP contribution is -1.77. The summed E-state index contributed by atoms with van der Waals surface area (Å²) in [5.74, 6) is 11.2. The molecule has 0 bridgehead atoms. The predicted molar refractivity (Wildman–Crippen MR) is 68.7 cm³/mol. The van der Waals surface area contributed by atoms with Crippen molar-refractivity contribution >= 4 is 5.78 Å². The van der Waals surface area contributed by atoms with E-state index in [0.29, 0.717) is 0 Å². The molecular formula is C15H20O. The second kappa shape index (κ2) is 11.6. The molecule has 0 N–H and O–H groups in total. The Morgan fingerprint density at radius 1 is 1.12 bits per heavy atom. The van der Waals surface area contributed by atoms with Crippen LogP contribution in [0.25, 0.3) is 0 Å². The molecule has 0 aliphatic heterocycles. The molecule has 0 saturated heterocycles. The minimum Gasteiger partial charge on any atom is -0.295 e. The number of rotatable bonds is 6. The van der Waals surface area contributed by atoms with Gasteiger partial charge in [0.15, 0.2) is 5.78 Å². The lowest BCUT2D eigenvalue weighted by atomic mass is 10.1. The zero-order valence-corrected chi connectivity index (χ0v) is 10.3. The van der Waals surface area contributed by atoms with Gasteiger partial charge in [0.05, 0.1) is 0 Å². The third-order valence-corrected chi connectivity index (χ3v) is 2.03. The van der Waals surface area contributed by atoms with Crippen LogP contribution in [0.5, 0.6) is 0 Å². The fourth-order valence-corrected chi connectivity index (χ4v) is 1.16. The molecule has 0 amide bonds. The molecule has 0 spiro atoms. The molecule has 0 unspecified atom stereocenters. The smallest absolute Gasteiger partial charge is 0.153 e. The van der Waals surface area contributed by atoms with Gasteiger partial charge in [-0.1, -0.05) is 44.4 Å². The van der Waals surface area contributed by atoms with Crippen molar-refractivity contribution in [3.05, 3.63) is 12.2 Å². The van der Waals surface area contributed by atoms with Crippen molar-refractivity contribution in [1.29, 1.82) is 0 Å². The van der Waals surface area contributed by atoms with Crippen LogP contribution in [-0.2, 0) is 4.79 Å². The predicted octanol–water partition coefficient (Wildman–Crippen LogP) is 3.50. The molecule has 0 rings (SSSR count). The summed E-state index contributed by atoms with van der Waals surface area (Å²) >= 11 is 0. The summed E-state index contributed by atoms with van der Waals surface area (Å²) in [6.45, 7) is 3.71. The van der Waals surface area contributed by atoms with Gasteiger partial charge in [0.2, 0.25) is 0 Å². The molecule has 0 radical (unpaired) electrons. The Morgan fingerprint density at radius 2 is 1.88 bits per heavy atom. The highest BCUT2D eigenvalue weighted by Gasteiger charge is 1.85. The topological polar surface area (TPSA) is 17.1 Å². The Bertz CT molecular complexity index is 328. The number of allylic oxidation sites excluding steroid dienone is 2. The SMILES string of the molecule is CCCCCCCC#CC#C/C=C/C(C)=O. The molecule has 0 atom stereocenters. The molecular weight excluding hydrogens is 196 g/mol. The zero-order valence-electron chi connectivity index (χ0n) is 10.3. The Morgan fingerprint density at radius 3 is 2.56 bits per heavy atom. The molecule has 0 fully saturated rings. The first kappa shape index (κ1) is 14.5. The number of ketones is 1. The van der Waals surface area contributed by atoms with Crippen LogP contribution in [-0.4, -0.2) is 5.78 Å². The zero-order chi connectivity index (χ0) is 12.1. The second-order valence-electron chi connectivity index (χ2n) is 3.68. The Hall–Kier alpha value is -1.47. The van der Waals surface area contributed by atoms with Crippen LogP contribution in [0.1, 0.15) is 52.4 Å². The van der Waals surface area contributed by atoms with Crippen LogP contribution in [0, 0.1) is 23.7 Å². The van der Waals surface area contributed by atoms with Gasteiger partial charge < -0.3 is 0 Å². The fourth-order valence-electron chi connectivity index (χ4n) is 1.16. The van der Waals surface area contributed by atoms with Gasteiger partial charge in [-0.05, 0) is 37.3 Å². The number of hydrogen-bond acceptors (Lipinski definition) is 1. The van der Waals surface area contributed by atoms with E-state index in [1.807, 2.05) is 0 Å². The van der Waals surface area contributed by atoms with Crippen molar-refractivity contribution in [1.82, 2.24) is 0 Å². The van der Waals surface area contributed by atoms with Gasteiger partial charge in [-0.2, -0.15) is 0 Å². The Kier molecular flexibility index (Phi) is 10.5. The molecule has 0 aromatic rings. The highest BCUT2D eigenvalue weighted by molar-refractivity contribution is 5.87. The van der Waals surface area contributed by atoms with Crippen molar-refractivity contribution in [2.24, 2.45) is 0 Å². The molecule has 0 aromatic heterocycles. The number of hydrogen-bond donors (Lipinski definition) is 0. The maximum Gasteiger partial charge on any atom is 0.153 e. The first-order valence-electron chi connectivity index (χ1n) is 5.93. The first-order chi connectivity index (χ1) is 7.77. The second-order valence-corrected chi connectivity index (χ2v) is 3.68. The van der Waals surface area contributed by atoms with E-state index >= 15 is 0 Å². The summed E-state index contributed by atoms with van der Waals surface area (Å²) in [4.78, 5) is 10.5. The molecule has 0 aliphatic carbocycles. The lowest BCUT2D eigenvalue weighted by Gasteiger charge is -1.93. The van der Waals surface area contributed by atoms with E-state index < -0.39 is 0 Å². The average molecular weight is 216 g/mol. The van der Waals surface area contributed by atoms with Crippen LogP contribution >= 0.6 is 0 Å². The van der Waals surface area contributed by atoms with Gasteiger partial charge >= 0.3 is 0 Å². The molecule has 1 heteroatoms. The van der Waals surface area contributed by atoms with Crippen molar-refractivity contribution in [2.75, 3.05) is 0 Å². The van der Waals surface area contributed by atoms with Crippen LogP contribution in [0.4, 0.5) is 0 Å². The monoisotopic (exact) mass is 216 g/mol. The summed E-state index contributed by atoms with van der Waals surface area (Å²) in [6.07, 6.45) is 10.2. The van der Waals surface area contributed by atoms with Gasteiger partial charge in [0, 0.05) is 6.42 Å². The van der Waals surface area contributed by atoms with Gasteiger partial charge in [-0.25, -0.2) is 0 Å². The summed E-state index contributed by atoms with van der Waals surface area (Å²) < 4.78 is 0. The Balaban J connectivity index is 3.51. The van der Waals surface area contributed by atoms with Crippen LogP contribution in [0.2, 0.25) is 0 Å². The summed E-state index contributed by atoms with van der Waals surface area (Å²) in [7, 11) is 0. The van der Waals surface area contributed by atoms with E-state index in [2.05, 4.69) is 30.6 Å².